The maximum absolute atomic E-state index is 12.5. The van der Waals surface area contributed by atoms with Crippen LogP contribution in [0, 0.1) is 0 Å². The zero-order valence-electron chi connectivity index (χ0n) is 14.1. The summed E-state index contributed by atoms with van der Waals surface area (Å²) in [4.78, 5) is 17.7. The SMILES string of the molecule is CCCc1nnsc1C(=O)Nc1ccc(-c2nc3ccccc3s2)cc1. The predicted molar refractivity (Wildman–Crippen MR) is 107 cm³/mol. The van der Waals surface area contributed by atoms with Crippen LogP contribution in [0.5, 0.6) is 0 Å². The van der Waals surface area contributed by atoms with Crippen LogP contribution in [-0.2, 0) is 6.42 Å². The van der Waals surface area contributed by atoms with Crippen molar-refractivity contribution in [3.63, 3.8) is 0 Å². The highest BCUT2D eigenvalue weighted by molar-refractivity contribution is 7.21. The second kappa shape index (κ2) is 7.31. The number of carbonyl (C=O) groups is 1. The molecular weight excluding hydrogens is 364 g/mol. The van der Waals surface area contributed by atoms with Crippen molar-refractivity contribution in [2.45, 2.75) is 19.8 Å². The van der Waals surface area contributed by atoms with E-state index >= 15 is 0 Å². The zero-order valence-corrected chi connectivity index (χ0v) is 15.7. The van der Waals surface area contributed by atoms with E-state index in [4.69, 9.17) is 0 Å². The quantitative estimate of drug-likeness (QED) is 0.528. The molecule has 0 aliphatic carbocycles. The molecule has 2 aromatic heterocycles. The molecule has 0 unspecified atom stereocenters. The number of hydrogen-bond acceptors (Lipinski definition) is 6. The molecule has 2 aromatic carbocycles. The first-order valence-electron chi connectivity index (χ1n) is 8.33. The van der Waals surface area contributed by atoms with Gasteiger partial charge in [-0.05, 0) is 54.4 Å². The van der Waals surface area contributed by atoms with Crippen molar-refractivity contribution < 1.29 is 4.79 Å². The largest absolute Gasteiger partial charge is 0.321 e. The van der Waals surface area contributed by atoms with E-state index in [-0.39, 0.29) is 5.91 Å². The first kappa shape index (κ1) is 16.8. The van der Waals surface area contributed by atoms with Gasteiger partial charge >= 0.3 is 0 Å². The van der Waals surface area contributed by atoms with E-state index in [2.05, 4.69) is 32.9 Å². The maximum atomic E-state index is 12.5. The lowest BCUT2D eigenvalue weighted by Gasteiger charge is -2.05. The van der Waals surface area contributed by atoms with Crippen molar-refractivity contribution in [3.8, 4) is 10.6 Å². The molecule has 26 heavy (non-hydrogen) atoms. The summed E-state index contributed by atoms with van der Waals surface area (Å²) in [6.07, 6.45) is 1.69. The lowest BCUT2D eigenvalue weighted by atomic mass is 10.2. The Morgan fingerprint density at radius 2 is 1.92 bits per heavy atom. The van der Waals surface area contributed by atoms with Gasteiger partial charge in [-0.25, -0.2) is 4.98 Å². The predicted octanol–water partition coefficient (Wildman–Crippen LogP) is 5.02. The zero-order chi connectivity index (χ0) is 17.9. The third-order valence-corrected chi connectivity index (χ3v) is 5.78. The van der Waals surface area contributed by atoms with Crippen LogP contribution in [-0.4, -0.2) is 20.5 Å². The van der Waals surface area contributed by atoms with Gasteiger partial charge in [-0.2, -0.15) is 0 Å². The molecule has 0 saturated carbocycles. The molecule has 0 aliphatic heterocycles. The number of rotatable bonds is 5. The van der Waals surface area contributed by atoms with Gasteiger partial charge in [0.15, 0.2) is 0 Å². The van der Waals surface area contributed by atoms with Crippen molar-refractivity contribution in [2.24, 2.45) is 0 Å². The van der Waals surface area contributed by atoms with E-state index in [1.165, 1.54) is 4.70 Å². The molecule has 130 valence electrons. The highest BCUT2D eigenvalue weighted by Crippen LogP contribution is 2.30. The van der Waals surface area contributed by atoms with E-state index < -0.39 is 0 Å². The van der Waals surface area contributed by atoms with E-state index in [0.717, 1.165) is 51.8 Å². The average molecular weight is 380 g/mol. The molecule has 7 heteroatoms. The van der Waals surface area contributed by atoms with Gasteiger partial charge in [0.1, 0.15) is 9.88 Å². The van der Waals surface area contributed by atoms with Gasteiger partial charge in [-0.3, -0.25) is 4.79 Å². The highest BCUT2D eigenvalue weighted by atomic mass is 32.1. The fraction of sp³-hybridized carbons (Fsp3) is 0.158. The summed E-state index contributed by atoms with van der Waals surface area (Å²) < 4.78 is 5.07. The first-order valence-corrected chi connectivity index (χ1v) is 9.92. The summed E-state index contributed by atoms with van der Waals surface area (Å²) in [6.45, 7) is 2.06. The van der Waals surface area contributed by atoms with Crippen molar-refractivity contribution in [1.82, 2.24) is 14.6 Å². The average Bonchev–Trinajstić information content (AvgIpc) is 3.29. The van der Waals surface area contributed by atoms with E-state index in [9.17, 15) is 4.79 Å². The Bertz CT molecular complexity index is 1020. The second-order valence-corrected chi connectivity index (χ2v) is 7.60. The van der Waals surface area contributed by atoms with Crippen LogP contribution in [0.4, 0.5) is 5.69 Å². The third kappa shape index (κ3) is 3.36. The van der Waals surface area contributed by atoms with E-state index in [1.807, 2.05) is 42.5 Å². The Morgan fingerprint density at radius 1 is 1.12 bits per heavy atom. The number of aromatic nitrogens is 3. The Hall–Kier alpha value is -2.64. The number of anilines is 1. The molecule has 4 rings (SSSR count). The highest BCUT2D eigenvalue weighted by Gasteiger charge is 2.16. The summed E-state index contributed by atoms with van der Waals surface area (Å²) in [7, 11) is 0. The van der Waals surface area contributed by atoms with Gasteiger partial charge in [-0.1, -0.05) is 30.0 Å². The number of nitrogens with one attached hydrogen (secondary N) is 1. The molecule has 4 aromatic rings. The van der Waals surface area contributed by atoms with Crippen LogP contribution in [0.25, 0.3) is 20.8 Å². The number of benzene rings is 2. The van der Waals surface area contributed by atoms with Crippen LogP contribution < -0.4 is 5.32 Å². The Morgan fingerprint density at radius 3 is 2.69 bits per heavy atom. The molecule has 0 fully saturated rings. The van der Waals surface area contributed by atoms with Gasteiger partial charge in [-0.15, -0.1) is 16.4 Å². The maximum Gasteiger partial charge on any atom is 0.269 e. The summed E-state index contributed by atoms with van der Waals surface area (Å²) in [5, 5.41) is 7.94. The topological polar surface area (TPSA) is 67.8 Å². The third-order valence-electron chi connectivity index (χ3n) is 3.93. The number of hydrogen-bond donors (Lipinski definition) is 1. The molecular formula is C19H16N4OS2. The summed E-state index contributed by atoms with van der Waals surface area (Å²) in [6, 6.07) is 15.8. The van der Waals surface area contributed by atoms with Gasteiger partial charge in [0.05, 0.1) is 15.9 Å². The number of carbonyl (C=O) groups excluding carboxylic acids is 1. The van der Waals surface area contributed by atoms with E-state index in [0.29, 0.717) is 4.88 Å². The standard InChI is InChI=1S/C19H16N4OS2/c1-2-5-15-17(26-23-22-15)18(24)20-13-10-8-12(9-11-13)19-21-14-6-3-4-7-16(14)25-19/h3-4,6-11H,2,5H2,1H3,(H,20,24). The van der Waals surface area contributed by atoms with Crippen LogP contribution in [0.3, 0.4) is 0 Å². The number of amides is 1. The van der Waals surface area contributed by atoms with Crippen molar-refractivity contribution in [2.75, 3.05) is 5.32 Å². The fourth-order valence-corrected chi connectivity index (χ4v) is 4.24. The number of thiazole rings is 1. The van der Waals surface area contributed by atoms with Crippen LogP contribution in [0.2, 0.25) is 0 Å². The summed E-state index contributed by atoms with van der Waals surface area (Å²) in [5.74, 6) is -0.156. The van der Waals surface area contributed by atoms with Crippen LogP contribution >= 0.6 is 22.9 Å². The van der Waals surface area contributed by atoms with Gasteiger partial charge in [0, 0.05) is 11.3 Å². The lowest BCUT2D eigenvalue weighted by molar-refractivity contribution is 0.102. The minimum atomic E-state index is -0.156. The van der Waals surface area contributed by atoms with Crippen molar-refractivity contribution >= 4 is 44.7 Å². The normalized spacial score (nSPS) is 11.0. The molecule has 1 amide bonds. The Labute approximate surface area is 158 Å². The monoisotopic (exact) mass is 380 g/mol. The Balaban J connectivity index is 1.52. The fourth-order valence-electron chi connectivity index (χ4n) is 2.66. The lowest BCUT2D eigenvalue weighted by Crippen LogP contribution is -2.12. The number of aryl methyl sites for hydroxylation is 1. The molecule has 1 N–H and O–H groups in total. The molecule has 2 heterocycles. The van der Waals surface area contributed by atoms with E-state index in [1.54, 1.807) is 11.3 Å². The smallest absolute Gasteiger partial charge is 0.269 e. The number of para-hydroxylation sites is 1. The summed E-state index contributed by atoms with van der Waals surface area (Å²) in [5.41, 5.74) is 3.55. The molecule has 0 atom stereocenters. The van der Waals surface area contributed by atoms with Gasteiger partial charge in [0.2, 0.25) is 0 Å². The van der Waals surface area contributed by atoms with Gasteiger partial charge < -0.3 is 5.32 Å². The molecule has 0 aliphatic rings. The van der Waals surface area contributed by atoms with Gasteiger partial charge in [0.25, 0.3) is 5.91 Å². The minimum Gasteiger partial charge on any atom is -0.321 e. The van der Waals surface area contributed by atoms with Crippen LogP contribution in [0.1, 0.15) is 28.7 Å². The number of fused-ring (bicyclic) bond motifs is 1. The first-order chi connectivity index (χ1) is 12.7. The molecule has 0 bridgehead atoms. The minimum absolute atomic E-state index is 0.156. The summed E-state index contributed by atoms with van der Waals surface area (Å²) >= 11 is 2.80. The Kier molecular flexibility index (Phi) is 4.73. The molecule has 5 nitrogen and oxygen atoms in total. The van der Waals surface area contributed by atoms with Crippen molar-refractivity contribution in [1.29, 1.82) is 0 Å². The van der Waals surface area contributed by atoms with Crippen molar-refractivity contribution in [3.05, 3.63) is 59.1 Å². The second-order valence-electron chi connectivity index (χ2n) is 5.82. The molecule has 0 saturated heterocycles. The van der Waals surface area contributed by atoms with Crippen LogP contribution in [0.15, 0.2) is 48.5 Å². The molecule has 0 radical (unpaired) electrons. The molecule has 0 spiro atoms. The number of nitrogens with zero attached hydrogens (tertiary/aromatic N) is 3.